The van der Waals surface area contributed by atoms with Gasteiger partial charge in [-0.05, 0) is 40.5 Å². The molecule has 2 heterocycles. The highest BCUT2D eigenvalue weighted by Crippen LogP contribution is 2.29. The molecule has 0 aliphatic heterocycles. The van der Waals surface area contributed by atoms with Gasteiger partial charge in [-0.15, -0.1) is 0 Å². The van der Waals surface area contributed by atoms with E-state index in [9.17, 15) is 0 Å². The topological polar surface area (TPSA) is 25.8 Å². The SMILES string of the molecule is CC(C)c1cncc(CC(C)(C)c2cncc(Cl)c2)c1. The largest absolute Gasteiger partial charge is 0.264 e. The van der Waals surface area contributed by atoms with Crippen molar-refractivity contribution in [2.75, 3.05) is 0 Å². The number of rotatable bonds is 4. The summed E-state index contributed by atoms with van der Waals surface area (Å²) in [6.07, 6.45) is 8.38. The van der Waals surface area contributed by atoms with Crippen LogP contribution in [0.25, 0.3) is 0 Å². The molecular formula is C17H21ClN2. The van der Waals surface area contributed by atoms with Gasteiger partial charge in [0.15, 0.2) is 0 Å². The molecule has 0 unspecified atom stereocenters. The Hall–Kier alpha value is -1.41. The summed E-state index contributed by atoms with van der Waals surface area (Å²) in [4.78, 5) is 8.55. The zero-order chi connectivity index (χ0) is 14.8. The van der Waals surface area contributed by atoms with Gasteiger partial charge >= 0.3 is 0 Å². The van der Waals surface area contributed by atoms with E-state index in [0.29, 0.717) is 10.9 Å². The second-order valence-electron chi connectivity index (χ2n) is 6.23. The molecule has 0 aromatic carbocycles. The van der Waals surface area contributed by atoms with E-state index in [1.807, 2.05) is 24.7 Å². The third-order valence-corrected chi connectivity index (χ3v) is 3.82. The normalized spacial score (nSPS) is 11.9. The van der Waals surface area contributed by atoms with Crippen molar-refractivity contribution in [3.8, 4) is 0 Å². The molecule has 3 heteroatoms. The fourth-order valence-electron chi connectivity index (χ4n) is 2.31. The summed E-state index contributed by atoms with van der Waals surface area (Å²) in [5.41, 5.74) is 3.67. The fourth-order valence-corrected chi connectivity index (χ4v) is 2.49. The van der Waals surface area contributed by atoms with Gasteiger partial charge in [-0.1, -0.05) is 45.4 Å². The van der Waals surface area contributed by atoms with Crippen molar-refractivity contribution in [3.05, 3.63) is 58.6 Å². The van der Waals surface area contributed by atoms with Crippen molar-refractivity contribution in [1.29, 1.82) is 0 Å². The maximum Gasteiger partial charge on any atom is 0.0592 e. The Morgan fingerprint density at radius 2 is 1.75 bits per heavy atom. The Kier molecular flexibility index (Phi) is 4.44. The molecule has 20 heavy (non-hydrogen) atoms. The van der Waals surface area contributed by atoms with Gasteiger partial charge in [0.05, 0.1) is 5.02 Å². The first-order valence-electron chi connectivity index (χ1n) is 6.93. The van der Waals surface area contributed by atoms with Crippen LogP contribution >= 0.6 is 11.6 Å². The zero-order valence-electron chi connectivity index (χ0n) is 12.5. The first-order valence-corrected chi connectivity index (χ1v) is 7.31. The van der Waals surface area contributed by atoms with Gasteiger partial charge in [0.2, 0.25) is 0 Å². The first kappa shape index (κ1) is 15.0. The van der Waals surface area contributed by atoms with Gasteiger partial charge in [0, 0.05) is 24.8 Å². The molecule has 0 aliphatic carbocycles. The monoisotopic (exact) mass is 288 g/mol. The molecule has 0 spiro atoms. The van der Waals surface area contributed by atoms with Gasteiger partial charge in [-0.3, -0.25) is 9.97 Å². The van der Waals surface area contributed by atoms with Crippen LogP contribution in [0.15, 0.2) is 36.9 Å². The van der Waals surface area contributed by atoms with Crippen LogP contribution in [0.1, 0.15) is 50.3 Å². The number of pyridine rings is 2. The molecule has 2 rings (SSSR count). The van der Waals surface area contributed by atoms with E-state index >= 15 is 0 Å². The number of halogens is 1. The van der Waals surface area contributed by atoms with Crippen molar-refractivity contribution in [1.82, 2.24) is 9.97 Å². The highest BCUT2D eigenvalue weighted by molar-refractivity contribution is 6.30. The minimum atomic E-state index is -0.0187. The molecule has 2 aromatic rings. The van der Waals surface area contributed by atoms with Crippen LogP contribution in [0.5, 0.6) is 0 Å². The molecule has 0 saturated carbocycles. The van der Waals surface area contributed by atoms with Gasteiger partial charge in [0.25, 0.3) is 0 Å². The molecule has 0 bridgehead atoms. The van der Waals surface area contributed by atoms with E-state index in [1.54, 1.807) is 6.20 Å². The van der Waals surface area contributed by atoms with E-state index in [0.717, 1.165) is 12.0 Å². The predicted molar refractivity (Wildman–Crippen MR) is 84.3 cm³/mol. The summed E-state index contributed by atoms with van der Waals surface area (Å²) < 4.78 is 0. The van der Waals surface area contributed by atoms with Crippen LogP contribution in [0.3, 0.4) is 0 Å². The van der Waals surface area contributed by atoms with Crippen molar-refractivity contribution < 1.29 is 0 Å². The van der Waals surface area contributed by atoms with Gasteiger partial charge < -0.3 is 0 Å². The van der Waals surface area contributed by atoms with E-state index in [2.05, 4.69) is 43.7 Å². The third kappa shape index (κ3) is 3.57. The van der Waals surface area contributed by atoms with Crippen molar-refractivity contribution in [2.24, 2.45) is 0 Å². The molecule has 0 atom stereocenters. The summed E-state index contributed by atoms with van der Waals surface area (Å²) >= 11 is 6.05. The minimum absolute atomic E-state index is 0.0187. The van der Waals surface area contributed by atoms with Gasteiger partial charge in [-0.25, -0.2) is 0 Å². The molecule has 0 aliphatic rings. The highest BCUT2D eigenvalue weighted by atomic mass is 35.5. The van der Waals surface area contributed by atoms with Gasteiger partial charge in [-0.2, -0.15) is 0 Å². The maximum atomic E-state index is 6.05. The second-order valence-corrected chi connectivity index (χ2v) is 6.67. The van der Waals surface area contributed by atoms with Crippen LogP contribution < -0.4 is 0 Å². The van der Waals surface area contributed by atoms with Crippen LogP contribution in [0, 0.1) is 0 Å². The standard InChI is InChI=1S/C17H21ClN2/c1-12(2)14-5-13(8-19-9-14)7-17(3,4)15-6-16(18)11-20-10-15/h5-6,8-12H,7H2,1-4H3. The Bertz CT molecular complexity index is 591. The summed E-state index contributed by atoms with van der Waals surface area (Å²) in [6, 6.07) is 4.24. The maximum absolute atomic E-state index is 6.05. The van der Waals surface area contributed by atoms with Crippen LogP contribution in [0.2, 0.25) is 5.02 Å². The Labute approximate surface area is 126 Å². The first-order chi connectivity index (χ1) is 9.38. The Morgan fingerprint density at radius 3 is 2.40 bits per heavy atom. The zero-order valence-corrected chi connectivity index (χ0v) is 13.3. The minimum Gasteiger partial charge on any atom is -0.264 e. The quantitative estimate of drug-likeness (QED) is 0.809. The molecular weight excluding hydrogens is 268 g/mol. The number of hydrogen-bond donors (Lipinski definition) is 0. The summed E-state index contributed by atoms with van der Waals surface area (Å²) in [5.74, 6) is 0.499. The molecule has 0 N–H and O–H groups in total. The summed E-state index contributed by atoms with van der Waals surface area (Å²) in [7, 11) is 0. The molecule has 0 fully saturated rings. The lowest BCUT2D eigenvalue weighted by atomic mass is 9.80. The van der Waals surface area contributed by atoms with Crippen LogP contribution in [-0.4, -0.2) is 9.97 Å². The molecule has 0 radical (unpaired) electrons. The average molecular weight is 289 g/mol. The lowest BCUT2D eigenvalue weighted by molar-refractivity contribution is 0.519. The lowest BCUT2D eigenvalue weighted by Crippen LogP contribution is -2.21. The van der Waals surface area contributed by atoms with E-state index < -0.39 is 0 Å². The third-order valence-electron chi connectivity index (χ3n) is 3.62. The molecule has 0 saturated heterocycles. The summed E-state index contributed by atoms with van der Waals surface area (Å²) in [5, 5.41) is 0.685. The van der Waals surface area contributed by atoms with Crippen molar-refractivity contribution in [2.45, 2.75) is 45.4 Å². The second kappa shape index (κ2) is 5.92. The number of aromatic nitrogens is 2. The molecule has 106 valence electrons. The van der Waals surface area contributed by atoms with E-state index in [1.165, 1.54) is 11.1 Å². The Balaban J connectivity index is 2.26. The van der Waals surface area contributed by atoms with Crippen molar-refractivity contribution >= 4 is 11.6 Å². The Morgan fingerprint density at radius 1 is 1.05 bits per heavy atom. The van der Waals surface area contributed by atoms with E-state index in [-0.39, 0.29) is 5.41 Å². The number of nitrogens with zero attached hydrogens (tertiary/aromatic N) is 2. The smallest absolute Gasteiger partial charge is 0.0592 e. The molecule has 2 aromatic heterocycles. The lowest BCUT2D eigenvalue weighted by Gasteiger charge is -2.25. The fraction of sp³-hybridized carbons (Fsp3) is 0.412. The van der Waals surface area contributed by atoms with Crippen LogP contribution in [-0.2, 0) is 11.8 Å². The molecule has 0 amide bonds. The molecule has 2 nitrogen and oxygen atoms in total. The highest BCUT2D eigenvalue weighted by Gasteiger charge is 2.22. The van der Waals surface area contributed by atoms with Crippen LogP contribution in [0.4, 0.5) is 0 Å². The van der Waals surface area contributed by atoms with E-state index in [4.69, 9.17) is 11.6 Å². The number of hydrogen-bond acceptors (Lipinski definition) is 2. The average Bonchev–Trinajstić information content (AvgIpc) is 2.38. The van der Waals surface area contributed by atoms with Crippen molar-refractivity contribution in [3.63, 3.8) is 0 Å². The summed E-state index contributed by atoms with van der Waals surface area (Å²) in [6.45, 7) is 8.80. The van der Waals surface area contributed by atoms with Gasteiger partial charge in [0.1, 0.15) is 0 Å². The predicted octanol–water partition coefficient (Wildman–Crippen LogP) is 4.77.